The van der Waals surface area contributed by atoms with Crippen LogP contribution in [0.25, 0.3) is 0 Å². The van der Waals surface area contributed by atoms with E-state index >= 15 is 0 Å². The van der Waals surface area contributed by atoms with Crippen LogP contribution in [-0.2, 0) is 48.8 Å². The summed E-state index contributed by atoms with van der Waals surface area (Å²) < 4.78 is 114. The van der Waals surface area contributed by atoms with E-state index in [1.54, 1.807) is 0 Å². The predicted octanol–water partition coefficient (Wildman–Crippen LogP) is -1.13. The number of benzene rings is 1. The summed E-state index contributed by atoms with van der Waals surface area (Å²) in [6, 6.07) is 3.99. The smallest absolute Gasteiger partial charge is 0.264 e. The molecular formula is C10H14O12S4. The summed E-state index contributed by atoms with van der Waals surface area (Å²) in [6.45, 7) is -1.78. The zero-order valence-electron chi connectivity index (χ0n) is 12.7. The molecule has 12 nitrogen and oxygen atoms in total. The molecule has 16 heteroatoms. The van der Waals surface area contributed by atoms with Crippen LogP contribution in [-0.4, -0.2) is 67.5 Å². The minimum absolute atomic E-state index is 0.465. The summed E-state index contributed by atoms with van der Waals surface area (Å²) >= 11 is 0. The first-order chi connectivity index (χ1) is 11.6. The highest BCUT2D eigenvalue weighted by Crippen LogP contribution is 2.18. The molecule has 0 aliphatic carbocycles. The van der Waals surface area contributed by atoms with Gasteiger partial charge in [-0.05, 0) is 18.2 Å². The van der Waals surface area contributed by atoms with E-state index in [2.05, 4.69) is 8.37 Å². The number of rotatable bonds is 10. The van der Waals surface area contributed by atoms with E-state index in [1.807, 2.05) is 0 Å². The predicted molar refractivity (Wildman–Crippen MR) is 85.5 cm³/mol. The molecule has 26 heavy (non-hydrogen) atoms. The lowest BCUT2D eigenvalue weighted by Crippen LogP contribution is -2.17. The largest absolute Gasteiger partial charge is 0.397 e. The van der Waals surface area contributed by atoms with Crippen LogP contribution in [0.3, 0.4) is 0 Å². The Morgan fingerprint density at radius 2 is 1.04 bits per heavy atom. The van der Waals surface area contributed by atoms with Crippen LogP contribution in [0.1, 0.15) is 0 Å². The van der Waals surface area contributed by atoms with Crippen molar-refractivity contribution in [2.24, 2.45) is 0 Å². The maximum Gasteiger partial charge on any atom is 0.397 e. The quantitative estimate of drug-likeness (QED) is 0.404. The standard InChI is InChI=1S/C10H14O12S4/c11-23(12,6-4-21-25(15,16)17)9-2-1-3-10(8-9)24(13,14)7-5-22-26(18,19)20/h1-3,8H,4-7H2,(H,15,16,17)(H,18,19,20). The van der Waals surface area contributed by atoms with Crippen molar-refractivity contribution >= 4 is 40.5 Å². The molecule has 0 saturated heterocycles. The van der Waals surface area contributed by atoms with Gasteiger partial charge in [-0.15, -0.1) is 0 Å². The van der Waals surface area contributed by atoms with Gasteiger partial charge < -0.3 is 0 Å². The molecule has 0 bridgehead atoms. The van der Waals surface area contributed by atoms with Gasteiger partial charge in [0.1, 0.15) is 0 Å². The first kappa shape index (κ1) is 22.9. The number of sulfone groups is 2. The lowest BCUT2D eigenvalue weighted by atomic mass is 10.4. The van der Waals surface area contributed by atoms with E-state index in [0.29, 0.717) is 0 Å². The molecule has 0 unspecified atom stereocenters. The number of hydrogen-bond donors (Lipinski definition) is 2. The van der Waals surface area contributed by atoms with Crippen molar-refractivity contribution in [3.05, 3.63) is 24.3 Å². The molecule has 0 fully saturated rings. The second-order valence-corrected chi connectivity index (χ2v) is 11.0. The van der Waals surface area contributed by atoms with E-state index in [-0.39, 0.29) is 0 Å². The van der Waals surface area contributed by atoms with Gasteiger partial charge in [-0.2, -0.15) is 16.8 Å². The maximum atomic E-state index is 12.1. The Labute approximate surface area is 150 Å². The van der Waals surface area contributed by atoms with Gasteiger partial charge in [0.25, 0.3) is 0 Å². The summed E-state index contributed by atoms with van der Waals surface area (Å²) in [5, 5.41) is 0. The molecular weight excluding hydrogens is 440 g/mol. The third kappa shape index (κ3) is 8.04. The van der Waals surface area contributed by atoms with E-state index < -0.39 is 75.0 Å². The van der Waals surface area contributed by atoms with Crippen molar-refractivity contribution < 1.29 is 51.1 Å². The van der Waals surface area contributed by atoms with Gasteiger partial charge in [-0.1, -0.05) is 6.07 Å². The molecule has 0 amide bonds. The molecule has 2 N–H and O–H groups in total. The fraction of sp³-hybridized carbons (Fsp3) is 0.400. The number of hydrogen-bond acceptors (Lipinski definition) is 10. The second kappa shape index (κ2) is 8.26. The first-order valence-electron chi connectivity index (χ1n) is 6.42. The summed E-state index contributed by atoms with van der Waals surface area (Å²) in [4.78, 5) is -0.929. The average molecular weight is 454 g/mol. The van der Waals surface area contributed by atoms with Gasteiger partial charge in [0.15, 0.2) is 19.7 Å². The zero-order chi connectivity index (χ0) is 20.2. The lowest BCUT2D eigenvalue weighted by molar-refractivity contribution is 0.282. The molecule has 0 aliphatic heterocycles. The second-order valence-electron chi connectivity index (χ2n) is 4.61. The van der Waals surface area contributed by atoms with Crippen molar-refractivity contribution in [3.63, 3.8) is 0 Å². The van der Waals surface area contributed by atoms with Crippen molar-refractivity contribution in [3.8, 4) is 0 Å². The zero-order valence-corrected chi connectivity index (χ0v) is 16.0. The molecule has 1 aromatic rings. The molecule has 1 rings (SSSR count). The van der Waals surface area contributed by atoms with Crippen molar-refractivity contribution in [1.29, 1.82) is 0 Å². The molecule has 0 saturated carbocycles. The fourth-order valence-electron chi connectivity index (χ4n) is 1.59. The molecule has 0 aromatic heterocycles. The molecule has 0 radical (unpaired) electrons. The minimum Gasteiger partial charge on any atom is -0.264 e. The Bertz CT molecular complexity index is 968. The van der Waals surface area contributed by atoms with Crippen LogP contribution in [0.5, 0.6) is 0 Å². The Kier molecular flexibility index (Phi) is 7.27. The van der Waals surface area contributed by atoms with Crippen LogP contribution < -0.4 is 0 Å². The van der Waals surface area contributed by atoms with E-state index in [4.69, 9.17) is 9.11 Å². The van der Waals surface area contributed by atoms with Gasteiger partial charge in [0.05, 0.1) is 34.5 Å². The molecule has 0 aliphatic rings. The molecule has 0 heterocycles. The van der Waals surface area contributed by atoms with E-state index in [9.17, 15) is 33.7 Å². The Morgan fingerprint density at radius 3 is 1.35 bits per heavy atom. The van der Waals surface area contributed by atoms with Gasteiger partial charge in [-0.3, -0.25) is 9.11 Å². The van der Waals surface area contributed by atoms with Crippen molar-refractivity contribution in [1.82, 2.24) is 0 Å². The fourth-order valence-corrected chi connectivity index (χ4v) is 4.73. The van der Waals surface area contributed by atoms with Crippen molar-refractivity contribution in [2.75, 3.05) is 24.7 Å². The summed E-state index contributed by atoms with van der Waals surface area (Å²) in [5.74, 6) is -1.72. The lowest BCUT2D eigenvalue weighted by Gasteiger charge is -2.08. The molecule has 150 valence electrons. The van der Waals surface area contributed by atoms with Crippen LogP contribution >= 0.6 is 0 Å². The monoisotopic (exact) mass is 454 g/mol. The van der Waals surface area contributed by atoms with Gasteiger partial charge in [0, 0.05) is 0 Å². The topological polar surface area (TPSA) is 195 Å². The van der Waals surface area contributed by atoms with Crippen molar-refractivity contribution in [2.45, 2.75) is 9.79 Å². The average Bonchev–Trinajstić information content (AvgIpc) is 2.44. The first-order valence-corrected chi connectivity index (χ1v) is 12.5. The van der Waals surface area contributed by atoms with Gasteiger partial charge >= 0.3 is 20.8 Å². The van der Waals surface area contributed by atoms with Crippen LogP contribution in [0.4, 0.5) is 0 Å². The van der Waals surface area contributed by atoms with Crippen LogP contribution in [0.15, 0.2) is 34.1 Å². The minimum atomic E-state index is -4.83. The highest BCUT2D eigenvalue weighted by atomic mass is 32.3. The summed E-state index contributed by atoms with van der Waals surface area (Å²) in [5.41, 5.74) is 0. The Morgan fingerprint density at radius 1 is 0.692 bits per heavy atom. The third-order valence-corrected chi connectivity index (χ3v) is 6.97. The highest BCUT2D eigenvalue weighted by Gasteiger charge is 2.21. The summed E-state index contributed by atoms with van der Waals surface area (Å²) in [6.07, 6.45) is 0. The summed E-state index contributed by atoms with van der Waals surface area (Å²) in [7, 11) is -17.9. The highest BCUT2D eigenvalue weighted by molar-refractivity contribution is 7.92. The van der Waals surface area contributed by atoms with Gasteiger partial charge in [0.2, 0.25) is 0 Å². The Balaban J connectivity index is 2.95. The van der Waals surface area contributed by atoms with E-state index in [1.165, 1.54) is 0 Å². The Hall–Kier alpha value is -1.14. The van der Waals surface area contributed by atoms with Crippen LogP contribution in [0.2, 0.25) is 0 Å². The van der Waals surface area contributed by atoms with Gasteiger partial charge in [-0.25, -0.2) is 25.2 Å². The molecule has 0 atom stereocenters. The molecule has 1 aromatic carbocycles. The third-order valence-electron chi connectivity index (χ3n) is 2.69. The van der Waals surface area contributed by atoms with E-state index in [0.717, 1.165) is 24.3 Å². The molecule has 0 spiro atoms. The normalized spacial score (nSPS) is 13.6. The SMILES string of the molecule is O=S(=O)(O)OCCS(=O)(=O)c1cccc(S(=O)(=O)CCOS(=O)(=O)O)c1. The maximum absolute atomic E-state index is 12.1. The van der Waals surface area contributed by atoms with Crippen LogP contribution in [0, 0.1) is 0 Å².